The van der Waals surface area contributed by atoms with Crippen LogP contribution in [0.3, 0.4) is 0 Å². The summed E-state index contributed by atoms with van der Waals surface area (Å²) in [6.07, 6.45) is 1.69. The molecule has 0 spiro atoms. The molecule has 0 radical (unpaired) electrons. The van der Waals surface area contributed by atoms with Crippen molar-refractivity contribution in [2.75, 3.05) is 0 Å². The predicted octanol–water partition coefficient (Wildman–Crippen LogP) is 2.67. The zero-order valence-electron chi connectivity index (χ0n) is 13.2. The van der Waals surface area contributed by atoms with Gasteiger partial charge in [0.15, 0.2) is 0 Å². The van der Waals surface area contributed by atoms with Gasteiger partial charge in [0.25, 0.3) is 5.56 Å². The zero-order valence-corrected chi connectivity index (χ0v) is 13.2. The average molecular weight is 296 g/mol. The molecule has 2 heterocycles. The van der Waals surface area contributed by atoms with Crippen LogP contribution in [0, 0.1) is 18.8 Å². The van der Waals surface area contributed by atoms with Crippen molar-refractivity contribution in [1.29, 1.82) is 0 Å². The van der Waals surface area contributed by atoms with Gasteiger partial charge < -0.3 is 5.11 Å². The Kier molecular flexibility index (Phi) is 3.58. The molecule has 0 saturated carbocycles. The van der Waals surface area contributed by atoms with Gasteiger partial charge in [0.1, 0.15) is 5.56 Å². The molecule has 0 atom stereocenters. The van der Waals surface area contributed by atoms with Crippen molar-refractivity contribution in [3.8, 4) is 28.8 Å². The van der Waals surface area contributed by atoms with Gasteiger partial charge in [0, 0.05) is 18.7 Å². The van der Waals surface area contributed by atoms with E-state index in [0.717, 1.165) is 35.1 Å². The monoisotopic (exact) mass is 296 g/mol. The number of aromatic hydroxyl groups is 1. The van der Waals surface area contributed by atoms with Gasteiger partial charge in [-0.1, -0.05) is 12.8 Å². The lowest BCUT2D eigenvalue weighted by atomic mass is 9.92. The van der Waals surface area contributed by atoms with Crippen LogP contribution >= 0.6 is 0 Å². The number of aryl methyl sites for hydroxylation is 2. The topological polar surface area (TPSA) is 47.2 Å². The predicted molar refractivity (Wildman–Crippen MR) is 87.1 cm³/mol. The molecule has 0 aliphatic carbocycles. The molecule has 1 aliphatic rings. The summed E-state index contributed by atoms with van der Waals surface area (Å²) in [7, 11) is 0. The van der Waals surface area contributed by atoms with Gasteiger partial charge in [0.05, 0.1) is 0 Å². The summed E-state index contributed by atoms with van der Waals surface area (Å²) >= 11 is 0. The molecular formula is C18H20N2O2. The third-order valence-corrected chi connectivity index (χ3v) is 4.27. The maximum absolute atomic E-state index is 12.7. The largest absolute Gasteiger partial charge is 0.493 e. The highest BCUT2D eigenvalue weighted by Gasteiger charge is 2.26. The van der Waals surface area contributed by atoms with Crippen LogP contribution in [-0.4, -0.2) is 14.5 Å². The molecule has 1 aromatic heterocycles. The van der Waals surface area contributed by atoms with Crippen molar-refractivity contribution in [3.63, 3.8) is 0 Å². The second-order valence-electron chi connectivity index (χ2n) is 5.66. The van der Waals surface area contributed by atoms with E-state index in [4.69, 9.17) is 0 Å². The lowest BCUT2D eigenvalue weighted by Crippen LogP contribution is -2.18. The van der Waals surface area contributed by atoms with Crippen molar-refractivity contribution < 1.29 is 5.11 Å². The second-order valence-corrected chi connectivity index (χ2v) is 5.66. The quantitative estimate of drug-likeness (QED) is 0.866. The first-order chi connectivity index (χ1) is 10.6. The Labute approximate surface area is 130 Å². The maximum atomic E-state index is 12.7. The first-order valence-electron chi connectivity index (χ1n) is 7.67. The van der Waals surface area contributed by atoms with Crippen molar-refractivity contribution in [2.24, 2.45) is 0 Å². The Hall–Kier alpha value is -2.41. The Morgan fingerprint density at radius 1 is 1.23 bits per heavy atom. The minimum Gasteiger partial charge on any atom is -0.493 e. The van der Waals surface area contributed by atoms with E-state index in [1.807, 2.05) is 26.0 Å². The van der Waals surface area contributed by atoms with Crippen molar-refractivity contribution in [3.05, 3.63) is 39.2 Å². The number of rotatable bonds is 2. The molecule has 0 amide bonds. The summed E-state index contributed by atoms with van der Waals surface area (Å²) in [6, 6.07) is 4.00. The standard InChI is InChI=1S/C18H20N2O2/c1-4-7-13-10-12(3)15(14(5-2)11-13)16-17(21)19-8-6-9-20(19)18(16)22/h10-11,21H,5-6,8-9H2,1-3H3. The molecule has 4 nitrogen and oxygen atoms in total. The molecule has 0 fully saturated rings. The number of hydrogen-bond donors (Lipinski definition) is 1. The Bertz CT molecular complexity index is 860. The zero-order chi connectivity index (χ0) is 15.9. The second kappa shape index (κ2) is 5.42. The maximum Gasteiger partial charge on any atom is 0.278 e. The number of hydrogen-bond acceptors (Lipinski definition) is 2. The van der Waals surface area contributed by atoms with Gasteiger partial charge in [-0.05, 0) is 55.5 Å². The van der Waals surface area contributed by atoms with Crippen LogP contribution in [0.1, 0.15) is 37.0 Å². The molecule has 4 heteroatoms. The molecule has 0 bridgehead atoms. The Balaban J connectivity index is 2.29. The summed E-state index contributed by atoms with van der Waals surface area (Å²) in [5.41, 5.74) is 4.18. The van der Waals surface area contributed by atoms with Gasteiger partial charge >= 0.3 is 0 Å². The van der Waals surface area contributed by atoms with E-state index in [0.29, 0.717) is 18.7 Å². The number of aromatic nitrogens is 2. The first-order valence-corrected chi connectivity index (χ1v) is 7.67. The molecule has 22 heavy (non-hydrogen) atoms. The molecule has 1 aromatic carbocycles. The van der Waals surface area contributed by atoms with Crippen LogP contribution in [0.25, 0.3) is 11.1 Å². The van der Waals surface area contributed by atoms with Crippen molar-refractivity contribution in [1.82, 2.24) is 9.36 Å². The van der Waals surface area contributed by atoms with E-state index in [1.165, 1.54) is 0 Å². The van der Waals surface area contributed by atoms with E-state index in [-0.39, 0.29) is 11.4 Å². The fourth-order valence-electron chi connectivity index (χ4n) is 3.33. The van der Waals surface area contributed by atoms with Crippen LogP contribution < -0.4 is 5.56 Å². The summed E-state index contributed by atoms with van der Waals surface area (Å²) < 4.78 is 3.33. The number of benzene rings is 1. The summed E-state index contributed by atoms with van der Waals surface area (Å²) in [6.45, 7) is 7.21. The highest BCUT2D eigenvalue weighted by Crippen LogP contribution is 2.34. The molecular weight excluding hydrogens is 276 g/mol. The normalized spacial score (nSPS) is 12.9. The smallest absolute Gasteiger partial charge is 0.278 e. The third-order valence-electron chi connectivity index (χ3n) is 4.27. The van der Waals surface area contributed by atoms with Crippen LogP contribution in [0.15, 0.2) is 16.9 Å². The molecule has 0 unspecified atom stereocenters. The van der Waals surface area contributed by atoms with Crippen molar-refractivity contribution in [2.45, 2.75) is 46.7 Å². The first kappa shape index (κ1) is 14.5. The molecule has 2 aromatic rings. The average Bonchev–Trinajstić information content (AvgIpc) is 3.05. The third kappa shape index (κ3) is 2.05. The Morgan fingerprint density at radius 2 is 1.95 bits per heavy atom. The number of nitrogens with zero attached hydrogens (tertiary/aromatic N) is 2. The lowest BCUT2D eigenvalue weighted by Gasteiger charge is -2.11. The minimum atomic E-state index is -0.0953. The summed E-state index contributed by atoms with van der Waals surface area (Å²) in [4.78, 5) is 12.7. The molecule has 114 valence electrons. The van der Waals surface area contributed by atoms with Crippen LogP contribution in [0.5, 0.6) is 5.88 Å². The fraction of sp³-hybridized carbons (Fsp3) is 0.389. The van der Waals surface area contributed by atoms with E-state index >= 15 is 0 Å². The van der Waals surface area contributed by atoms with Crippen LogP contribution in [-0.2, 0) is 19.5 Å². The van der Waals surface area contributed by atoms with Gasteiger partial charge in [-0.3, -0.25) is 9.48 Å². The van der Waals surface area contributed by atoms with Gasteiger partial charge in [-0.2, -0.15) is 0 Å². The van der Waals surface area contributed by atoms with E-state index in [2.05, 4.69) is 18.8 Å². The molecule has 3 rings (SSSR count). The highest BCUT2D eigenvalue weighted by atomic mass is 16.3. The number of fused-ring (bicyclic) bond motifs is 1. The fourth-order valence-corrected chi connectivity index (χ4v) is 3.33. The summed E-state index contributed by atoms with van der Waals surface area (Å²) in [5.74, 6) is 6.07. The van der Waals surface area contributed by atoms with Crippen LogP contribution in [0.2, 0.25) is 0 Å². The van der Waals surface area contributed by atoms with Crippen LogP contribution in [0.4, 0.5) is 0 Å². The Morgan fingerprint density at radius 3 is 2.59 bits per heavy atom. The van der Waals surface area contributed by atoms with Gasteiger partial charge in [0.2, 0.25) is 5.88 Å². The van der Waals surface area contributed by atoms with E-state index < -0.39 is 0 Å². The van der Waals surface area contributed by atoms with Crippen molar-refractivity contribution >= 4 is 0 Å². The van der Waals surface area contributed by atoms with E-state index in [9.17, 15) is 9.90 Å². The van der Waals surface area contributed by atoms with Gasteiger partial charge in [-0.15, -0.1) is 5.92 Å². The van der Waals surface area contributed by atoms with Gasteiger partial charge in [-0.25, -0.2) is 4.68 Å². The highest BCUT2D eigenvalue weighted by molar-refractivity contribution is 5.75. The SMILES string of the molecule is CC#Cc1cc(C)c(-c2c(O)n3n(c2=O)CCC3)c(CC)c1. The molecule has 1 N–H and O–H groups in total. The summed E-state index contributed by atoms with van der Waals surface area (Å²) in [5, 5.41) is 10.5. The molecule has 1 aliphatic heterocycles. The molecule has 0 saturated heterocycles. The lowest BCUT2D eigenvalue weighted by molar-refractivity contribution is 0.399. The minimum absolute atomic E-state index is 0.0922. The van der Waals surface area contributed by atoms with E-state index in [1.54, 1.807) is 9.36 Å².